The van der Waals surface area contributed by atoms with Crippen LogP contribution in [0.25, 0.3) is 0 Å². The van der Waals surface area contributed by atoms with Gasteiger partial charge in [0.25, 0.3) is 0 Å². The molecule has 3 nitrogen and oxygen atoms in total. The van der Waals surface area contributed by atoms with Crippen molar-refractivity contribution in [2.45, 2.75) is 17.6 Å². The van der Waals surface area contributed by atoms with Gasteiger partial charge in [0.2, 0.25) is 0 Å². The molecule has 100 valence electrons. The summed E-state index contributed by atoms with van der Waals surface area (Å²) >= 11 is 5.77. The van der Waals surface area contributed by atoms with E-state index in [2.05, 4.69) is 0 Å². The van der Waals surface area contributed by atoms with Gasteiger partial charge in [-0.25, -0.2) is 8.42 Å². The van der Waals surface area contributed by atoms with Crippen molar-refractivity contribution in [3.8, 4) is 0 Å². The SMILES string of the molecule is Cc1cc(S(=O)(=O)Cc2ccc(Cl)cc2)ccc1N. The molecule has 0 aliphatic carbocycles. The molecular formula is C14H14ClNO2S. The average Bonchev–Trinajstić information content (AvgIpc) is 2.35. The van der Waals surface area contributed by atoms with Crippen molar-refractivity contribution >= 4 is 27.1 Å². The summed E-state index contributed by atoms with van der Waals surface area (Å²) in [5, 5.41) is 0.587. The minimum absolute atomic E-state index is 0.0481. The van der Waals surface area contributed by atoms with Gasteiger partial charge in [-0.2, -0.15) is 0 Å². The number of hydrogen-bond donors (Lipinski definition) is 1. The number of aryl methyl sites for hydroxylation is 1. The molecule has 2 N–H and O–H groups in total. The summed E-state index contributed by atoms with van der Waals surface area (Å²) in [4.78, 5) is 0.286. The lowest BCUT2D eigenvalue weighted by Crippen LogP contribution is -2.05. The first-order valence-corrected chi connectivity index (χ1v) is 7.75. The Balaban J connectivity index is 2.32. The highest BCUT2D eigenvalue weighted by atomic mass is 35.5. The molecule has 0 saturated heterocycles. The highest BCUT2D eigenvalue weighted by molar-refractivity contribution is 7.90. The molecule has 0 aliphatic rings. The van der Waals surface area contributed by atoms with E-state index in [0.29, 0.717) is 16.3 Å². The molecule has 0 aromatic heterocycles. The number of sulfone groups is 1. The van der Waals surface area contributed by atoms with Crippen LogP contribution in [0, 0.1) is 6.92 Å². The van der Waals surface area contributed by atoms with Crippen LogP contribution < -0.4 is 5.73 Å². The first-order chi connectivity index (χ1) is 8.88. The zero-order valence-electron chi connectivity index (χ0n) is 10.4. The number of halogens is 1. The van der Waals surface area contributed by atoms with Crippen molar-refractivity contribution in [3.63, 3.8) is 0 Å². The molecule has 0 amide bonds. The number of benzene rings is 2. The second-order valence-corrected chi connectivity index (χ2v) is 6.83. The topological polar surface area (TPSA) is 60.2 Å². The molecule has 2 aromatic rings. The van der Waals surface area contributed by atoms with Gasteiger partial charge in [-0.1, -0.05) is 23.7 Å². The molecule has 0 unspecified atom stereocenters. The van der Waals surface area contributed by atoms with Crippen molar-refractivity contribution in [3.05, 3.63) is 58.6 Å². The van der Waals surface area contributed by atoms with E-state index in [0.717, 1.165) is 5.56 Å². The Bertz CT molecular complexity index is 694. The highest BCUT2D eigenvalue weighted by Crippen LogP contribution is 2.21. The minimum Gasteiger partial charge on any atom is -0.399 e. The van der Waals surface area contributed by atoms with Crippen LogP contribution in [0.3, 0.4) is 0 Å². The lowest BCUT2D eigenvalue weighted by atomic mass is 10.2. The molecule has 2 aromatic carbocycles. The largest absolute Gasteiger partial charge is 0.399 e. The van der Waals surface area contributed by atoms with Gasteiger partial charge in [0.05, 0.1) is 10.6 Å². The van der Waals surface area contributed by atoms with Gasteiger partial charge in [-0.05, 0) is 48.4 Å². The summed E-state index contributed by atoms with van der Waals surface area (Å²) in [7, 11) is -3.36. The highest BCUT2D eigenvalue weighted by Gasteiger charge is 2.16. The first-order valence-electron chi connectivity index (χ1n) is 5.72. The number of anilines is 1. The fourth-order valence-corrected chi connectivity index (χ4v) is 3.28. The number of rotatable bonds is 3. The van der Waals surface area contributed by atoms with E-state index in [1.807, 2.05) is 0 Å². The van der Waals surface area contributed by atoms with Gasteiger partial charge < -0.3 is 5.73 Å². The van der Waals surface area contributed by atoms with Crippen molar-refractivity contribution in [2.24, 2.45) is 0 Å². The Kier molecular flexibility index (Phi) is 3.83. The van der Waals surface area contributed by atoms with Gasteiger partial charge >= 0.3 is 0 Å². The number of nitrogens with two attached hydrogens (primary N) is 1. The van der Waals surface area contributed by atoms with Crippen LogP contribution in [0.4, 0.5) is 5.69 Å². The Morgan fingerprint density at radius 1 is 1.11 bits per heavy atom. The average molecular weight is 296 g/mol. The lowest BCUT2D eigenvalue weighted by Gasteiger charge is -2.07. The maximum atomic E-state index is 12.3. The summed E-state index contributed by atoms with van der Waals surface area (Å²) in [6.07, 6.45) is 0. The third-order valence-electron chi connectivity index (χ3n) is 2.87. The van der Waals surface area contributed by atoms with E-state index < -0.39 is 9.84 Å². The molecule has 0 saturated carbocycles. The van der Waals surface area contributed by atoms with Crippen molar-refractivity contribution in [2.75, 3.05) is 5.73 Å². The second-order valence-electron chi connectivity index (χ2n) is 4.40. The molecule has 0 fully saturated rings. The maximum Gasteiger partial charge on any atom is 0.182 e. The van der Waals surface area contributed by atoms with E-state index in [4.69, 9.17) is 17.3 Å². The van der Waals surface area contributed by atoms with E-state index in [1.54, 1.807) is 43.3 Å². The predicted octanol–water partition coefficient (Wildman–Crippen LogP) is 3.20. The molecule has 0 atom stereocenters. The molecule has 0 aliphatic heterocycles. The fourth-order valence-electron chi connectivity index (χ4n) is 1.73. The normalized spacial score (nSPS) is 11.5. The summed E-state index contributed by atoms with van der Waals surface area (Å²) in [6, 6.07) is 11.5. The quantitative estimate of drug-likeness (QED) is 0.885. The van der Waals surface area contributed by atoms with Crippen LogP contribution in [-0.2, 0) is 15.6 Å². The van der Waals surface area contributed by atoms with Crippen LogP contribution in [0.2, 0.25) is 5.02 Å². The van der Waals surface area contributed by atoms with Crippen molar-refractivity contribution < 1.29 is 8.42 Å². The molecule has 19 heavy (non-hydrogen) atoms. The van der Waals surface area contributed by atoms with Crippen molar-refractivity contribution in [1.29, 1.82) is 0 Å². The Morgan fingerprint density at radius 2 is 1.74 bits per heavy atom. The summed E-state index contributed by atoms with van der Waals surface area (Å²) in [5.74, 6) is -0.0481. The van der Waals surface area contributed by atoms with Gasteiger partial charge in [0.15, 0.2) is 9.84 Å². The Hall–Kier alpha value is -1.52. The third-order valence-corrected chi connectivity index (χ3v) is 4.81. The molecule has 5 heteroatoms. The van der Waals surface area contributed by atoms with Gasteiger partial charge in [0, 0.05) is 10.7 Å². The molecule has 2 rings (SSSR count). The predicted molar refractivity (Wildman–Crippen MR) is 77.9 cm³/mol. The monoisotopic (exact) mass is 295 g/mol. The Morgan fingerprint density at radius 3 is 2.32 bits per heavy atom. The summed E-state index contributed by atoms with van der Waals surface area (Å²) in [6.45, 7) is 1.79. The van der Waals surface area contributed by atoms with Crippen LogP contribution in [0.5, 0.6) is 0 Å². The van der Waals surface area contributed by atoms with Crippen LogP contribution in [0.1, 0.15) is 11.1 Å². The molecule has 0 bridgehead atoms. The second kappa shape index (κ2) is 5.23. The molecule has 0 spiro atoms. The minimum atomic E-state index is -3.36. The van der Waals surface area contributed by atoms with E-state index in [-0.39, 0.29) is 10.6 Å². The van der Waals surface area contributed by atoms with E-state index in [1.165, 1.54) is 6.07 Å². The zero-order chi connectivity index (χ0) is 14.0. The van der Waals surface area contributed by atoms with E-state index in [9.17, 15) is 8.42 Å². The van der Waals surface area contributed by atoms with Gasteiger partial charge in [-0.3, -0.25) is 0 Å². The third kappa shape index (κ3) is 3.28. The van der Waals surface area contributed by atoms with E-state index >= 15 is 0 Å². The lowest BCUT2D eigenvalue weighted by molar-refractivity contribution is 0.595. The Labute approximate surface area is 117 Å². The van der Waals surface area contributed by atoms with Crippen LogP contribution >= 0.6 is 11.6 Å². The number of nitrogen functional groups attached to an aromatic ring is 1. The van der Waals surface area contributed by atoms with Crippen LogP contribution in [-0.4, -0.2) is 8.42 Å². The number of hydrogen-bond acceptors (Lipinski definition) is 3. The summed E-state index contributed by atoms with van der Waals surface area (Å²) < 4.78 is 24.6. The van der Waals surface area contributed by atoms with Gasteiger partial charge in [-0.15, -0.1) is 0 Å². The molecule has 0 heterocycles. The van der Waals surface area contributed by atoms with Crippen molar-refractivity contribution in [1.82, 2.24) is 0 Å². The summed E-state index contributed by atoms with van der Waals surface area (Å²) in [5.41, 5.74) is 7.75. The molecular weight excluding hydrogens is 282 g/mol. The smallest absolute Gasteiger partial charge is 0.182 e. The first kappa shape index (κ1) is 13.9. The molecule has 0 radical (unpaired) electrons. The zero-order valence-corrected chi connectivity index (χ0v) is 12.0. The fraction of sp³-hybridized carbons (Fsp3) is 0.143. The van der Waals surface area contributed by atoms with Crippen LogP contribution in [0.15, 0.2) is 47.4 Å². The standard InChI is InChI=1S/C14H14ClNO2S/c1-10-8-13(6-7-14(10)16)19(17,18)9-11-2-4-12(15)5-3-11/h2-8H,9,16H2,1H3. The maximum absolute atomic E-state index is 12.3. The van der Waals surface area contributed by atoms with Gasteiger partial charge in [0.1, 0.15) is 0 Å².